The highest BCUT2D eigenvalue weighted by Gasteiger charge is 2.62. The molecule has 270 valence electrons. The topological polar surface area (TPSA) is 111 Å². The zero-order valence-corrected chi connectivity index (χ0v) is 30.3. The maximum Gasteiger partial charge on any atom is 0.261 e. The van der Waals surface area contributed by atoms with Gasteiger partial charge in [0.05, 0.1) is 39.9 Å². The first-order valence-corrected chi connectivity index (χ1v) is 19.2. The molecule has 2 aromatic heterocycles. The van der Waals surface area contributed by atoms with Gasteiger partial charge in [0.25, 0.3) is 5.91 Å². The summed E-state index contributed by atoms with van der Waals surface area (Å²) in [7, 11) is 0. The van der Waals surface area contributed by atoms with Crippen LogP contribution in [-0.4, -0.2) is 63.1 Å². The number of rotatable bonds is 8. The van der Waals surface area contributed by atoms with Crippen LogP contribution in [0.15, 0.2) is 30.3 Å². The third-order valence-corrected chi connectivity index (χ3v) is 12.9. The molecule has 2 N–H and O–H groups in total. The van der Waals surface area contributed by atoms with Crippen molar-refractivity contribution in [3.63, 3.8) is 0 Å². The van der Waals surface area contributed by atoms with Crippen LogP contribution >= 0.6 is 23.2 Å². The van der Waals surface area contributed by atoms with Gasteiger partial charge in [-0.2, -0.15) is 5.26 Å². The third kappa shape index (κ3) is 5.71. The molecule has 4 aliphatic carbocycles. The summed E-state index contributed by atoms with van der Waals surface area (Å²) in [5.74, 6) is -0.502. The molecule has 2 aromatic carbocycles. The van der Waals surface area contributed by atoms with Crippen molar-refractivity contribution in [1.29, 1.82) is 5.26 Å². The number of ketones is 1. The fourth-order valence-corrected chi connectivity index (χ4v) is 9.47. The van der Waals surface area contributed by atoms with E-state index in [1.54, 1.807) is 29.2 Å². The van der Waals surface area contributed by atoms with Crippen LogP contribution in [0.4, 0.5) is 8.78 Å². The number of aromatic amines is 1. The standard InChI is InChI=1S/C35H30Cl2F2N4O3.C5H9N/c1-16(44)30-23-15-25(33-21-13-18(14-26(21)46-19-7-8-19)43(33)34(45)35(39)9-10-35)41-31(23)22-12-17(4-3-11-40)27(29(38)32(22)42-30)20-5-2-6-24(36)28(20)37;1-4-2-5(1)6-3-4/h2,5-6,12,15,18-19,21,26,33,41H,3-4,7-10,13-14H2,1H3;4-6H,1-3H2. The third-order valence-electron chi connectivity index (χ3n) is 12.0. The average molecular weight is 747 g/mol. The van der Waals surface area contributed by atoms with E-state index in [1.165, 1.54) is 26.3 Å². The summed E-state index contributed by atoms with van der Waals surface area (Å²) in [6.45, 7) is 2.69. The number of likely N-dealkylation sites (tertiary alicyclic amines) is 1. The van der Waals surface area contributed by atoms with Gasteiger partial charge in [-0.05, 0) is 94.0 Å². The Labute approximate surface area is 310 Å². The molecule has 8 nitrogen and oxygen atoms in total. The van der Waals surface area contributed by atoms with Crippen molar-refractivity contribution in [2.24, 2.45) is 11.8 Å². The van der Waals surface area contributed by atoms with Crippen molar-refractivity contribution in [3.8, 4) is 17.2 Å². The van der Waals surface area contributed by atoms with Crippen LogP contribution in [-0.2, 0) is 16.0 Å². The predicted octanol–water partition coefficient (Wildman–Crippen LogP) is 8.57. The molecule has 4 unspecified atom stereocenters. The van der Waals surface area contributed by atoms with Gasteiger partial charge in [0.15, 0.2) is 17.3 Å². The van der Waals surface area contributed by atoms with Crippen LogP contribution in [0.1, 0.15) is 92.5 Å². The summed E-state index contributed by atoms with van der Waals surface area (Å²) in [4.78, 5) is 36.3. The minimum absolute atomic E-state index is 0.0330. The zero-order chi connectivity index (χ0) is 36.1. The average Bonchev–Trinajstić information content (AvgIpc) is 3.67. The van der Waals surface area contributed by atoms with Crippen molar-refractivity contribution < 1.29 is 23.1 Å². The Balaban J connectivity index is 0.000000539. The van der Waals surface area contributed by atoms with Crippen molar-refractivity contribution in [1.82, 2.24) is 20.2 Å². The lowest BCUT2D eigenvalue weighted by Gasteiger charge is -2.39. The van der Waals surface area contributed by atoms with Gasteiger partial charge in [0, 0.05) is 58.9 Å². The van der Waals surface area contributed by atoms with Gasteiger partial charge in [-0.1, -0.05) is 35.3 Å². The van der Waals surface area contributed by atoms with Crippen molar-refractivity contribution in [3.05, 3.63) is 63.1 Å². The molecule has 11 rings (SSSR count). The van der Waals surface area contributed by atoms with Crippen molar-refractivity contribution in [2.45, 2.75) is 107 Å². The van der Waals surface area contributed by atoms with Gasteiger partial charge < -0.3 is 19.9 Å². The quantitative estimate of drug-likeness (QED) is 0.175. The Kier molecular flexibility index (Phi) is 8.38. The number of halogens is 4. The second-order valence-electron chi connectivity index (χ2n) is 15.6. The Morgan fingerprint density at radius 3 is 2.56 bits per heavy atom. The molecule has 7 fully saturated rings. The smallest absolute Gasteiger partial charge is 0.261 e. The highest BCUT2D eigenvalue weighted by atomic mass is 35.5. The number of fused-ring (bicyclic) bond motifs is 6. The number of hydrogen-bond acceptors (Lipinski definition) is 6. The highest BCUT2D eigenvalue weighted by Crippen LogP contribution is 2.56. The summed E-state index contributed by atoms with van der Waals surface area (Å²) in [6.07, 6.45) is 7.31. The number of hydrogen-bond donors (Lipinski definition) is 2. The summed E-state index contributed by atoms with van der Waals surface area (Å²) < 4.78 is 38.4. The van der Waals surface area contributed by atoms with E-state index in [1.807, 2.05) is 6.07 Å². The van der Waals surface area contributed by atoms with Gasteiger partial charge in [0.2, 0.25) is 0 Å². The van der Waals surface area contributed by atoms with Crippen LogP contribution in [0.25, 0.3) is 32.9 Å². The van der Waals surface area contributed by atoms with Gasteiger partial charge >= 0.3 is 0 Å². The van der Waals surface area contributed by atoms with Crippen LogP contribution in [0.3, 0.4) is 0 Å². The molecule has 52 heavy (non-hydrogen) atoms. The summed E-state index contributed by atoms with van der Waals surface area (Å²) in [6, 6.07) is 11.0. The highest BCUT2D eigenvalue weighted by molar-refractivity contribution is 6.43. The number of H-pyrrole nitrogens is 1. The maximum atomic E-state index is 16.8. The number of Topliss-reactive ketones (excluding diaryl/α,β-unsaturated/α-hetero) is 1. The first kappa shape index (κ1) is 34.2. The number of carbonyl (C=O) groups excluding carboxylic acids is 2. The number of alkyl halides is 1. The Morgan fingerprint density at radius 1 is 1.13 bits per heavy atom. The zero-order valence-electron chi connectivity index (χ0n) is 28.8. The van der Waals surface area contributed by atoms with Crippen molar-refractivity contribution >= 4 is 56.7 Å². The van der Waals surface area contributed by atoms with E-state index >= 15 is 8.78 Å². The van der Waals surface area contributed by atoms with Crippen LogP contribution in [0.2, 0.25) is 10.0 Å². The lowest BCUT2D eigenvalue weighted by Crippen LogP contribution is -2.48. The van der Waals surface area contributed by atoms with E-state index in [0.717, 1.165) is 24.8 Å². The number of nitrogens with zero attached hydrogens (tertiary/aromatic N) is 3. The molecule has 5 heterocycles. The number of aryl methyl sites for hydroxylation is 1. The minimum Gasteiger partial charge on any atom is -0.375 e. The van der Waals surface area contributed by atoms with E-state index in [-0.39, 0.29) is 82.5 Å². The summed E-state index contributed by atoms with van der Waals surface area (Å²) in [5.41, 5.74) is 0.403. The molecule has 1 amide bonds. The Hall–Kier alpha value is -3.62. The Morgan fingerprint density at radius 2 is 1.92 bits per heavy atom. The molecule has 0 spiro atoms. The summed E-state index contributed by atoms with van der Waals surface area (Å²) in [5, 5.41) is 14.1. The fourth-order valence-electron chi connectivity index (χ4n) is 9.08. The molecule has 4 atom stereocenters. The van der Waals surface area contributed by atoms with E-state index in [9.17, 15) is 14.9 Å². The van der Waals surface area contributed by atoms with E-state index in [2.05, 4.69) is 21.4 Å². The molecular formula is C40H39Cl2F2N5O3. The lowest BCUT2D eigenvalue weighted by molar-refractivity contribution is -0.146. The molecule has 3 aliphatic heterocycles. The normalized spacial score (nSPS) is 27.7. The van der Waals surface area contributed by atoms with E-state index in [4.69, 9.17) is 27.9 Å². The molecule has 7 aliphatic rings. The number of aromatic nitrogens is 2. The van der Waals surface area contributed by atoms with Crippen LogP contribution in [0, 0.1) is 29.0 Å². The number of amides is 1. The molecule has 12 heteroatoms. The predicted molar refractivity (Wildman–Crippen MR) is 195 cm³/mol. The number of piperidine rings is 1. The lowest BCUT2D eigenvalue weighted by atomic mass is 9.87. The van der Waals surface area contributed by atoms with Gasteiger partial charge in [0.1, 0.15) is 11.2 Å². The van der Waals surface area contributed by atoms with Gasteiger partial charge in [-0.3, -0.25) is 9.59 Å². The second-order valence-corrected chi connectivity index (χ2v) is 16.4. The van der Waals surface area contributed by atoms with Crippen LogP contribution < -0.4 is 5.32 Å². The first-order valence-electron chi connectivity index (χ1n) is 18.4. The number of benzene rings is 2. The molecule has 3 saturated heterocycles. The van der Waals surface area contributed by atoms with Crippen molar-refractivity contribution in [2.75, 3.05) is 6.54 Å². The second kappa shape index (κ2) is 12.8. The molecule has 4 aromatic rings. The fraction of sp³-hybridized carbons (Fsp3) is 0.500. The largest absolute Gasteiger partial charge is 0.375 e. The maximum absolute atomic E-state index is 16.8. The van der Waals surface area contributed by atoms with Crippen LogP contribution in [0.5, 0.6) is 0 Å². The number of nitrogens with one attached hydrogen (secondary N) is 2. The Bertz CT molecular complexity index is 2170. The minimum atomic E-state index is -1.84. The SMILES string of the molecule is C1NC2CC1C2.CC(=O)c1nc2c(F)c(-c3cccc(Cl)c3Cl)c(CCC#N)cc2c2[nH]c(C3C4CC(CC4OC4CC4)N3C(=O)C3(F)CC3)cc12. The summed E-state index contributed by atoms with van der Waals surface area (Å²) >= 11 is 12.9. The monoisotopic (exact) mass is 745 g/mol. The van der Waals surface area contributed by atoms with Gasteiger partial charge in [-0.15, -0.1) is 0 Å². The number of nitriles is 1. The number of ether oxygens (including phenoxy) is 1. The van der Waals surface area contributed by atoms with Gasteiger partial charge in [-0.25, -0.2) is 13.8 Å². The number of pyridine rings is 1. The first-order chi connectivity index (χ1) is 25.0. The van der Waals surface area contributed by atoms with E-state index in [0.29, 0.717) is 46.0 Å². The molecule has 4 bridgehead atoms. The molecular weight excluding hydrogens is 707 g/mol. The molecule has 0 radical (unpaired) electrons. The molecule has 4 saturated carbocycles. The van der Waals surface area contributed by atoms with E-state index < -0.39 is 23.4 Å². The number of carbonyl (C=O) groups is 2.